The van der Waals surface area contributed by atoms with Crippen LogP contribution in [0.5, 0.6) is 0 Å². The van der Waals surface area contributed by atoms with Crippen molar-refractivity contribution in [2.45, 2.75) is 25.6 Å². The lowest BCUT2D eigenvalue weighted by molar-refractivity contribution is -0.124. The molecule has 2 aromatic carbocycles. The summed E-state index contributed by atoms with van der Waals surface area (Å²) in [7, 11) is 0. The van der Waals surface area contributed by atoms with Gasteiger partial charge in [-0.3, -0.25) is 4.79 Å². The number of aliphatic hydroxyl groups excluding tert-OH is 1. The van der Waals surface area contributed by atoms with Crippen molar-refractivity contribution >= 4 is 46.6 Å². The number of nitrogens with two attached hydrogens (primary N) is 2. The Morgan fingerprint density at radius 1 is 1.21 bits per heavy atom. The summed E-state index contributed by atoms with van der Waals surface area (Å²) in [4.78, 5) is 20.1. The fraction of sp³-hybridized carbons (Fsp3) is 0.211. The van der Waals surface area contributed by atoms with E-state index in [1.807, 2.05) is 42.5 Å². The lowest BCUT2D eigenvalue weighted by Gasteiger charge is -2.15. The van der Waals surface area contributed by atoms with Crippen LogP contribution in [0, 0.1) is 0 Å². The van der Waals surface area contributed by atoms with Gasteiger partial charge < -0.3 is 21.9 Å². The van der Waals surface area contributed by atoms with E-state index >= 15 is 0 Å². The van der Waals surface area contributed by atoms with Gasteiger partial charge in [0, 0.05) is 11.9 Å². The van der Waals surface area contributed by atoms with E-state index in [2.05, 4.69) is 15.3 Å². The summed E-state index contributed by atoms with van der Waals surface area (Å²) in [5, 5.41) is 13.0. The number of anilines is 1. The predicted octanol–water partition coefficient (Wildman–Crippen LogP) is 2.28. The molecule has 0 fully saturated rings. The maximum Gasteiger partial charge on any atom is 0.239 e. The van der Waals surface area contributed by atoms with Crippen molar-refractivity contribution in [1.82, 2.24) is 15.3 Å². The van der Waals surface area contributed by atoms with E-state index in [1.165, 1.54) is 6.92 Å². The maximum absolute atomic E-state index is 11.9. The van der Waals surface area contributed by atoms with Gasteiger partial charge in [-0.1, -0.05) is 24.3 Å². The number of aromatic nitrogens is 2. The van der Waals surface area contributed by atoms with Gasteiger partial charge in [-0.2, -0.15) is 0 Å². The molecule has 1 aromatic heterocycles. The second-order valence-electron chi connectivity index (χ2n) is 6.29. The van der Waals surface area contributed by atoms with E-state index < -0.39 is 18.1 Å². The van der Waals surface area contributed by atoms with E-state index in [9.17, 15) is 9.90 Å². The van der Waals surface area contributed by atoms with E-state index in [0.29, 0.717) is 17.9 Å². The molecule has 0 spiro atoms. The van der Waals surface area contributed by atoms with Gasteiger partial charge in [0.05, 0.1) is 11.6 Å². The van der Waals surface area contributed by atoms with Crippen LogP contribution in [-0.2, 0) is 11.3 Å². The number of nitrogens with zero attached hydrogens (tertiary/aromatic N) is 2. The van der Waals surface area contributed by atoms with Gasteiger partial charge in [-0.25, -0.2) is 9.97 Å². The molecule has 0 aliphatic heterocycles. The number of fused-ring (bicyclic) bond motifs is 1. The summed E-state index contributed by atoms with van der Waals surface area (Å²) >= 11 is 5.90. The number of hydrogen-bond donors (Lipinski definition) is 4. The molecule has 0 unspecified atom stereocenters. The summed E-state index contributed by atoms with van der Waals surface area (Å²) in [5.74, 6) is -0.0645. The van der Waals surface area contributed by atoms with Crippen molar-refractivity contribution in [3.05, 3.63) is 53.3 Å². The summed E-state index contributed by atoms with van der Waals surface area (Å²) < 4.78 is 0. The van der Waals surface area contributed by atoms with Gasteiger partial charge in [-0.15, -0.1) is 12.4 Å². The minimum Gasteiger partial charge on any atom is -0.391 e. The molecular weight excluding hydrogens is 401 g/mol. The minimum atomic E-state index is -0.955. The van der Waals surface area contributed by atoms with E-state index in [1.54, 1.807) is 0 Å². The largest absolute Gasteiger partial charge is 0.391 e. The summed E-state index contributed by atoms with van der Waals surface area (Å²) in [6.45, 7) is 1.79. The molecule has 0 bridgehead atoms. The average molecular weight is 422 g/mol. The zero-order chi connectivity index (χ0) is 19.6. The number of aliphatic hydroxyl groups is 1. The predicted molar refractivity (Wildman–Crippen MR) is 113 cm³/mol. The lowest BCUT2D eigenvalue weighted by Crippen LogP contribution is -2.46. The van der Waals surface area contributed by atoms with Crippen LogP contribution in [-0.4, -0.2) is 33.1 Å². The summed E-state index contributed by atoms with van der Waals surface area (Å²) in [6, 6.07) is 12.4. The standard InChI is InChI=1S/C19H20ClN5O2.ClH/c1-10(26)16(21)18(27)23-9-11-3-2-4-12(7-11)13-5-6-14-15(8-13)24-19(20)25-17(14)22;/h2-8,10,16,26H,9,21H2,1H3,(H,23,27)(H2,22,24,25);1H/t10-,16+;/m1./s1. The number of carbonyl (C=O) groups excluding carboxylic acids is 1. The third-order valence-corrected chi connectivity index (χ3v) is 4.42. The van der Waals surface area contributed by atoms with Crippen LogP contribution in [0.15, 0.2) is 42.5 Å². The van der Waals surface area contributed by atoms with Crippen LogP contribution in [0.1, 0.15) is 12.5 Å². The topological polar surface area (TPSA) is 127 Å². The third-order valence-electron chi connectivity index (χ3n) is 4.25. The van der Waals surface area contributed by atoms with Gasteiger partial charge in [0.2, 0.25) is 11.2 Å². The fourth-order valence-corrected chi connectivity index (χ4v) is 2.87. The van der Waals surface area contributed by atoms with Crippen molar-refractivity contribution in [2.75, 3.05) is 5.73 Å². The van der Waals surface area contributed by atoms with Crippen molar-refractivity contribution in [3.63, 3.8) is 0 Å². The van der Waals surface area contributed by atoms with Crippen LogP contribution in [0.3, 0.4) is 0 Å². The molecule has 9 heteroatoms. The van der Waals surface area contributed by atoms with E-state index in [4.69, 9.17) is 23.1 Å². The molecule has 1 amide bonds. The zero-order valence-corrected chi connectivity index (χ0v) is 16.7. The Hall–Kier alpha value is -2.45. The Balaban J connectivity index is 0.00000280. The first-order valence-corrected chi connectivity index (χ1v) is 8.76. The quantitative estimate of drug-likeness (QED) is 0.467. The number of nitrogens with one attached hydrogen (secondary N) is 1. The van der Waals surface area contributed by atoms with Crippen LogP contribution in [0.4, 0.5) is 5.82 Å². The Morgan fingerprint density at radius 2 is 1.93 bits per heavy atom. The Morgan fingerprint density at radius 3 is 2.64 bits per heavy atom. The second-order valence-corrected chi connectivity index (χ2v) is 6.63. The van der Waals surface area contributed by atoms with Gasteiger partial charge in [0.15, 0.2) is 0 Å². The smallest absolute Gasteiger partial charge is 0.239 e. The van der Waals surface area contributed by atoms with Gasteiger partial charge in [0.1, 0.15) is 11.9 Å². The molecule has 0 saturated carbocycles. The Labute approximate surface area is 173 Å². The minimum absolute atomic E-state index is 0. The monoisotopic (exact) mass is 421 g/mol. The molecule has 0 aliphatic carbocycles. The second kappa shape index (κ2) is 9.16. The Bertz CT molecular complexity index is 997. The molecule has 1 heterocycles. The maximum atomic E-state index is 11.9. The highest BCUT2D eigenvalue weighted by atomic mass is 35.5. The molecule has 2 atom stereocenters. The molecular formula is C19H21Cl2N5O2. The molecule has 0 saturated heterocycles. The first kappa shape index (κ1) is 21.8. The molecule has 7 nitrogen and oxygen atoms in total. The highest BCUT2D eigenvalue weighted by Crippen LogP contribution is 2.27. The van der Waals surface area contributed by atoms with Gasteiger partial charge >= 0.3 is 0 Å². The number of benzene rings is 2. The average Bonchev–Trinajstić information content (AvgIpc) is 2.65. The first-order valence-electron chi connectivity index (χ1n) is 8.38. The van der Waals surface area contributed by atoms with Gasteiger partial charge in [-0.05, 0) is 53.4 Å². The van der Waals surface area contributed by atoms with Gasteiger partial charge in [0.25, 0.3) is 0 Å². The fourth-order valence-electron chi connectivity index (χ4n) is 2.69. The number of amides is 1. The van der Waals surface area contributed by atoms with Crippen molar-refractivity contribution in [3.8, 4) is 11.1 Å². The summed E-state index contributed by atoms with van der Waals surface area (Å²) in [6.07, 6.45) is -0.907. The van der Waals surface area contributed by atoms with Crippen molar-refractivity contribution in [2.24, 2.45) is 5.73 Å². The van der Waals surface area contributed by atoms with Crippen LogP contribution >= 0.6 is 24.0 Å². The molecule has 3 aromatic rings. The van der Waals surface area contributed by atoms with E-state index in [-0.39, 0.29) is 17.7 Å². The Kier molecular flexibility index (Phi) is 7.15. The number of hydrogen-bond acceptors (Lipinski definition) is 6. The van der Waals surface area contributed by atoms with Crippen molar-refractivity contribution in [1.29, 1.82) is 0 Å². The first-order chi connectivity index (χ1) is 12.8. The van der Waals surface area contributed by atoms with Crippen LogP contribution < -0.4 is 16.8 Å². The number of nitrogen functional groups attached to an aromatic ring is 1. The number of rotatable bonds is 5. The third kappa shape index (κ3) is 4.88. The lowest BCUT2D eigenvalue weighted by atomic mass is 10.0. The van der Waals surface area contributed by atoms with Crippen molar-refractivity contribution < 1.29 is 9.90 Å². The normalized spacial score (nSPS) is 12.9. The highest BCUT2D eigenvalue weighted by molar-refractivity contribution is 6.28. The SMILES string of the molecule is C[C@@H](O)[C@H](N)C(=O)NCc1cccc(-c2ccc3c(N)nc(Cl)nc3c2)c1.Cl. The highest BCUT2D eigenvalue weighted by Gasteiger charge is 2.18. The molecule has 0 aliphatic rings. The van der Waals surface area contributed by atoms with Crippen LogP contribution in [0.25, 0.3) is 22.0 Å². The zero-order valence-electron chi connectivity index (χ0n) is 15.1. The number of halogens is 2. The molecule has 3 rings (SSSR count). The number of carbonyl (C=O) groups is 1. The van der Waals surface area contributed by atoms with E-state index in [0.717, 1.165) is 22.1 Å². The molecule has 28 heavy (non-hydrogen) atoms. The molecule has 0 radical (unpaired) electrons. The molecule has 6 N–H and O–H groups in total. The molecule has 148 valence electrons. The summed E-state index contributed by atoms with van der Waals surface area (Å²) in [5.41, 5.74) is 15.0. The van der Waals surface area contributed by atoms with Crippen LogP contribution in [0.2, 0.25) is 5.28 Å².